The van der Waals surface area contributed by atoms with E-state index >= 15 is 0 Å². The minimum Gasteiger partial charge on any atom is -0.382 e. The minimum absolute atomic E-state index is 0.150. The zero-order chi connectivity index (χ0) is 8.91. The van der Waals surface area contributed by atoms with Crippen LogP contribution < -0.4 is 0 Å². The number of ketones is 1. The molecule has 1 atom stereocenters. The van der Waals surface area contributed by atoms with Crippen LogP contribution in [0.1, 0.15) is 33.6 Å². The first-order chi connectivity index (χ1) is 5.04. The molecule has 62 valence electrons. The number of carbonyl (C=O) groups is 1. The number of aliphatic hydroxyl groups is 1. The maximum absolute atomic E-state index is 11.1. The van der Waals surface area contributed by atoms with Gasteiger partial charge in [0.15, 0.2) is 5.78 Å². The van der Waals surface area contributed by atoms with Crippen molar-refractivity contribution < 1.29 is 9.90 Å². The van der Waals surface area contributed by atoms with Crippen molar-refractivity contribution in [3.63, 3.8) is 0 Å². The van der Waals surface area contributed by atoms with Gasteiger partial charge in [-0.25, -0.2) is 0 Å². The van der Waals surface area contributed by atoms with Crippen LogP contribution in [-0.4, -0.2) is 16.5 Å². The van der Waals surface area contributed by atoms with Gasteiger partial charge in [0, 0.05) is 0 Å². The molecule has 0 aliphatic heterocycles. The highest BCUT2D eigenvalue weighted by molar-refractivity contribution is 5.88. The third kappa shape index (κ3) is 3.20. The predicted molar refractivity (Wildman–Crippen MR) is 44.0 cm³/mol. The van der Waals surface area contributed by atoms with E-state index in [0.717, 1.165) is 0 Å². The second-order valence-corrected chi connectivity index (χ2v) is 2.65. The number of rotatable bonds is 3. The Morgan fingerprint density at radius 1 is 1.64 bits per heavy atom. The van der Waals surface area contributed by atoms with E-state index in [1.807, 2.05) is 0 Å². The summed E-state index contributed by atoms with van der Waals surface area (Å²) in [6.07, 6.45) is 0.592. The quantitative estimate of drug-likeness (QED) is 0.619. The third-order valence-corrected chi connectivity index (χ3v) is 1.71. The van der Waals surface area contributed by atoms with Crippen LogP contribution in [0.15, 0.2) is 0 Å². The van der Waals surface area contributed by atoms with E-state index in [4.69, 9.17) is 0 Å². The lowest BCUT2D eigenvalue weighted by Gasteiger charge is -2.17. The molecule has 0 saturated heterocycles. The van der Waals surface area contributed by atoms with Crippen molar-refractivity contribution in [3.8, 4) is 11.8 Å². The molecular formula is C9H14O2. The second-order valence-electron chi connectivity index (χ2n) is 2.65. The van der Waals surface area contributed by atoms with Crippen molar-refractivity contribution >= 4 is 5.78 Å². The van der Waals surface area contributed by atoms with Crippen LogP contribution in [0.25, 0.3) is 0 Å². The van der Waals surface area contributed by atoms with Gasteiger partial charge in [-0.05, 0) is 20.3 Å². The maximum atomic E-state index is 11.1. The molecule has 0 aromatic rings. The Morgan fingerprint density at radius 3 is 2.55 bits per heavy atom. The molecule has 0 heterocycles. The zero-order valence-electron chi connectivity index (χ0n) is 7.27. The molecule has 0 saturated carbocycles. The van der Waals surface area contributed by atoms with Crippen molar-refractivity contribution in [3.05, 3.63) is 0 Å². The Morgan fingerprint density at radius 2 is 2.18 bits per heavy atom. The Kier molecular flexibility index (Phi) is 3.84. The standard InChI is InChI=1S/C9H14O2/c1-4-6-7-8(10)9(3,11)5-2/h11H,5,7H2,1-3H3. The fourth-order valence-corrected chi connectivity index (χ4v) is 0.556. The molecule has 0 radical (unpaired) electrons. The molecule has 0 aromatic carbocycles. The summed E-state index contributed by atoms with van der Waals surface area (Å²) in [7, 11) is 0. The molecule has 1 unspecified atom stereocenters. The van der Waals surface area contributed by atoms with Gasteiger partial charge >= 0.3 is 0 Å². The summed E-state index contributed by atoms with van der Waals surface area (Å²) in [5.74, 6) is 5.04. The summed E-state index contributed by atoms with van der Waals surface area (Å²) in [4.78, 5) is 11.1. The summed E-state index contributed by atoms with van der Waals surface area (Å²) in [6, 6.07) is 0. The van der Waals surface area contributed by atoms with Crippen LogP contribution in [0.4, 0.5) is 0 Å². The van der Waals surface area contributed by atoms with Crippen molar-refractivity contribution in [2.75, 3.05) is 0 Å². The zero-order valence-corrected chi connectivity index (χ0v) is 7.27. The van der Waals surface area contributed by atoms with Gasteiger partial charge in [0.1, 0.15) is 5.60 Å². The normalized spacial score (nSPS) is 14.5. The van der Waals surface area contributed by atoms with Crippen molar-refractivity contribution in [2.45, 2.75) is 39.2 Å². The van der Waals surface area contributed by atoms with E-state index in [1.54, 1.807) is 13.8 Å². The van der Waals surface area contributed by atoms with Gasteiger partial charge in [-0.3, -0.25) is 4.79 Å². The molecule has 2 heteroatoms. The van der Waals surface area contributed by atoms with Gasteiger partial charge in [-0.15, -0.1) is 5.92 Å². The van der Waals surface area contributed by atoms with E-state index in [1.165, 1.54) is 6.92 Å². The molecular weight excluding hydrogens is 140 g/mol. The highest BCUT2D eigenvalue weighted by atomic mass is 16.3. The lowest BCUT2D eigenvalue weighted by Crippen LogP contribution is -2.33. The van der Waals surface area contributed by atoms with Gasteiger partial charge in [-0.2, -0.15) is 0 Å². The Balaban J connectivity index is 4.09. The summed E-state index contributed by atoms with van der Waals surface area (Å²) in [6.45, 7) is 4.97. The molecule has 11 heavy (non-hydrogen) atoms. The molecule has 1 N–H and O–H groups in total. The Hall–Kier alpha value is -0.810. The molecule has 0 aromatic heterocycles. The van der Waals surface area contributed by atoms with Crippen molar-refractivity contribution in [1.82, 2.24) is 0 Å². The molecule has 0 aliphatic carbocycles. The van der Waals surface area contributed by atoms with Gasteiger partial charge in [0.05, 0.1) is 6.42 Å². The molecule has 0 spiro atoms. The van der Waals surface area contributed by atoms with Gasteiger partial charge < -0.3 is 5.11 Å². The average molecular weight is 154 g/mol. The van der Waals surface area contributed by atoms with Gasteiger partial charge in [0.25, 0.3) is 0 Å². The largest absolute Gasteiger partial charge is 0.382 e. The molecule has 0 amide bonds. The summed E-state index contributed by atoms with van der Waals surface area (Å²) in [5, 5.41) is 9.40. The second kappa shape index (κ2) is 4.15. The Labute approximate surface area is 67.6 Å². The average Bonchev–Trinajstić information content (AvgIpc) is 2.00. The first-order valence-electron chi connectivity index (χ1n) is 3.70. The summed E-state index contributed by atoms with van der Waals surface area (Å²) >= 11 is 0. The number of hydrogen-bond acceptors (Lipinski definition) is 2. The summed E-state index contributed by atoms with van der Waals surface area (Å²) < 4.78 is 0. The van der Waals surface area contributed by atoms with E-state index in [0.29, 0.717) is 6.42 Å². The van der Waals surface area contributed by atoms with Crippen LogP contribution in [-0.2, 0) is 4.79 Å². The first kappa shape index (κ1) is 10.2. The molecule has 0 aliphatic rings. The molecule has 2 nitrogen and oxygen atoms in total. The van der Waals surface area contributed by atoms with Crippen LogP contribution in [0.2, 0.25) is 0 Å². The van der Waals surface area contributed by atoms with E-state index < -0.39 is 5.60 Å². The van der Waals surface area contributed by atoms with E-state index in [9.17, 15) is 9.90 Å². The topological polar surface area (TPSA) is 37.3 Å². The fourth-order valence-electron chi connectivity index (χ4n) is 0.556. The van der Waals surface area contributed by atoms with Crippen LogP contribution >= 0.6 is 0 Å². The molecule has 0 fully saturated rings. The minimum atomic E-state index is -1.19. The van der Waals surface area contributed by atoms with Gasteiger partial charge in [0.2, 0.25) is 0 Å². The lowest BCUT2D eigenvalue weighted by atomic mass is 9.96. The highest BCUT2D eigenvalue weighted by Gasteiger charge is 2.26. The van der Waals surface area contributed by atoms with Crippen LogP contribution in [0.3, 0.4) is 0 Å². The third-order valence-electron chi connectivity index (χ3n) is 1.71. The number of hydrogen-bond donors (Lipinski definition) is 1. The SMILES string of the molecule is CC#CCC(=O)C(C)(O)CC. The predicted octanol–water partition coefficient (Wildman–Crippen LogP) is 1.13. The smallest absolute Gasteiger partial charge is 0.175 e. The lowest BCUT2D eigenvalue weighted by molar-refractivity contribution is -0.134. The Bertz CT molecular complexity index is 193. The van der Waals surface area contributed by atoms with Crippen molar-refractivity contribution in [2.24, 2.45) is 0 Å². The fraction of sp³-hybridized carbons (Fsp3) is 0.667. The number of Topliss-reactive ketones (excluding diaryl/α,β-unsaturated/α-hetero) is 1. The summed E-state index contributed by atoms with van der Waals surface area (Å²) in [5.41, 5.74) is -1.19. The van der Waals surface area contributed by atoms with Crippen LogP contribution in [0, 0.1) is 11.8 Å². The first-order valence-corrected chi connectivity index (χ1v) is 3.70. The highest BCUT2D eigenvalue weighted by Crippen LogP contribution is 2.11. The number of carbonyl (C=O) groups excluding carboxylic acids is 1. The monoisotopic (exact) mass is 154 g/mol. The van der Waals surface area contributed by atoms with Crippen molar-refractivity contribution in [1.29, 1.82) is 0 Å². The molecule has 0 bridgehead atoms. The van der Waals surface area contributed by atoms with E-state index in [2.05, 4.69) is 11.8 Å². The van der Waals surface area contributed by atoms with Crippen LogP contribution in [0.5, 0.6) is 0 Å². The van der Waals surface area contributed by atoms with Gasteiger partial charge in [-0.1, -0.05) is 12.8 Å². The van der Waals surface area contributed by atoms with E-state index in [-0.39, 0.29) is 12.2 Å². The maximum Gasteiger partial charge on any atom is 0.175 e. The molecule has 0 rings (SSSR count).